The third kappa shape index (κ3) is 8.38. The molecule has 2 N–H and O–H groups in total. The van der Waals surface area contributed by atoms with E-state index in [9.17, 15) is 4.79 Å². The second kappa shape index (κ2) is 9.34. The van der Waals surface area contributed by atoms with Gasteiger partial charge in [-0.25, -0.2) is 0 Å². The first kappa shape index (κ1) is 13.8. The molecule has 0 heterocycles. The quantitative estimate of drug-likeness (QED) is 0.602. The zero-order valence-corrected chi connectivity index (χ0v) is 10.2. The highest BCUT2D eigenvalue weighted by Gasteiger charge is 2.00. The van der Waals surface area contributed by atoms with Crippen LogP contribution in [0.5, 0.6) is 0 Å². The van der Waals surface area contributed by atoms with Gasteiger partial charge < -0.3 is 10.6 Å². The summed E-state index contributed by atoms with van der Waals surface area (Å²) in [4.78, 5) is 11.1. The molecule has 1 unspecified atom stereocenters. The summed E-state index contributed by atoms with van der Waals surface area (Å²) in [5.74, 6) is 0.101. The zero-order valence-electron chi connectivity index (χ0n) is 9.43. The Morgan fingerprint density at radius 3 is 2.71 bits per heavy atom. The molecule has 1 amide bonds. The Morgan fingerprint density at radius 1 is 1.43 bits per heavy atom. The van der Waals surface area contributed by atoms with Crippen molar-refractivity contribution < 1.29 is 4.79 Å². The molecule has 0 bridgehead atoms. The van der Waals surface area contributed by atoms with Crippen LogP contribution in [0.2, 0.25) is 0 Å². The number of nitrogens with one attached hydrogen (secondary N) is 2. The summed E-state index contributed by atoms with van der Waals surface area (Å²) in [6, 6.07) is 0. The van der Waals surface area contributed by atoms with Crippen molar-refractivity contribution in [3.8, 4) is 0 Å². The summed E-state index contributed by atoms with van der Waals surface area (Å²) in [5.41, 5.74) is 0. The smallest absolute Gasteiger partial charge is 0.233 e. The molecule has 3 nitrogen and oxygen atoms in total. The topological polar surface area (TPSA) is 41.1 Å². The molecule has 0 aromatic rings. The van der Waals surface area contributed by atoms with Crippen LogP contribution >= 0.6 is 11.8 Å². The lowest BCUT2D eigenvalue weighted by molar-refractivity contribution is -0.120. The van der Waals surface area contributed by atoms with Crippen LogP contribution in [0.15, 0.2) is 0 Å². The lowest BCUT2D eigenvalue weighted by Crippen LogP contribution is -2.35. The molecule has 0 aliphatic carbocycles. The zero-order chi connectivity index (χ0) is 10.8. The van der Waals surface area contributed by atoms with Crippen LogP contribution in [0, 0.1) is 0 Å². The lowest BCUT2D eigenvalue weighted by Gasteiger charge is -2.08. The number of thioether (sulfide) groups is 1. The van der Waals surface area contributed by atoms with Gasteiger partial charge in [0.05, 0.1) is 6.54 Å². The summed E-state index contributed by atoms with van der Waals surface area (Å²) in [6.45, 7) is 6.39. The number of amides is 1. The van der Waals surface area contributed by atoms with Crippen molar-refractivity contribution in [2.24, 2.45) is 0 Å². The van der Waals surface area contributed by atoms with Crippen LogP contribution in [0.25, 0.3) is 0 Å². The van der Waals surface area contributed by atoms with E-state index in [1.165, 1.54) is 0 Å². The monoisotopic (exact) mass is 218 g/mol. The largest absolute Gasteiger partial charge is 0.355 e. The van der Waals surface area contributed by atoms with Crippen LogP contribution in [0.3, 0.4) is 0 Å². The maximum atomic E-state index is 11.1. The van der Waals surface area contributed by atoms with Gasteiger partial charge in [-0.2, -0.15) is 11.8 Å². The maximum absolute atomic E-state index is 11.1. The predicted octanol–water partition coefficient (Wildman–Crippen LogP) is 1.24. The Balaban J connectivity index is 3.22. The lowest BCUT2D eigenvalue weighted by atomic mass is 10.3. The molecule has 84 valence electrons. The minimum Gasteiger partial charge on any atom is -0.355 e. The van der Waals surface area contributed by atoms with Gasteiger partial charge in [0, 0.05) is 11.8 Å². The number of carbonyl (C=O) groups excluding carboxylic acids is 1. The van der Waals surface area contributed by atoms with Crippen LogP contribution in [0.1, 0.15) is 26.7 Å². The second-order valence-electron chi connectivity index (χ2n) is 3.36. The minimum absolute atomic E-state index is 0.101. The van der Waals surface area contributed by atoms with Gasteiger partial charge in [0.2, 0.25) is 5.91 Å². The van der Waals surface area contributed by atoms with Crippen LogP contribution in [-0.4, -0.2) is 37.0 Å². The van der Waals surface area contributed by atoms with Gasteiger partial charge in [0.15, 0.2) is 0 Å². The van der Waals surface area contributed by atoms with Crippen molar-refractivity contribution in [1.82, 2.24) is 10.6 Å². The number of hydrogen-bond donors (Lipinski definition) is 2. The van der Waals surface area contributed by atoms with E-state index >= 15 is 0 Å². The maximum Gasteiger partial charge on any atom is 0.233 e. The molecule has 0 rings (SSSR count). The summed E-state index contributed by atoms with van der Waals surface area (Å²) >= 11 is 1.86. The van der Waals surface area contributed by atoms with Gasteiger partial charge >= 0.3 is 0 Å². The van der Waals surface area contributed by atoms with Crippen molar-refractivity contribution in [2.75, 3.05) is 25.9 Å². The van der Waals surface area contributed by atoms with E-state index in [1.54, 1.807) is 0 Å². The molecule has 0 saturated carbocycles. The van der Waals surface area contributed by atoms with Gasteiger partial charge in [-0.1, -0.05) is 13.8 Å². The van der Waals surface area contributed by atoms with Crippen LogP contribution in [-0.2, 0) is 4.79 Å². The number of hydrogen-bond acceptors (Lipinski definition) is 3. The molecule has 0 radical (unpaired) electrons. The molecule has 14 heavy (non-hydrogen) atoms. The fourth-order valence-electron chi connectivity index (χ4n) is 0.952. The first-order valence-corrected chi connectivity index (χ1v) is 6.49. The Morgan fingerprint density at radius 2 is 2.14 bits per heavy atom. The van der Waals surface area contributed by atoms with E-state index in [0.29, 0.717) is 11.8 Å². The average molecular weight is 218 g/mol. The first-order chi connectivity index (χ1) is 6.70. The van der Waals surface area contributed by atoms with E-state index in [-0.39, 0.29) is 5.91 Å². The Kier molecular flexibility index (Phi) is 9.19. The van der Waals surface area contributed by atoms with Crippen molar-refractivity contribution in [3.63, 3.8) is 0 Å². The van der Waals surface area contributed by atoms with Gasteiger partial charge in [-0.05, 0) is 25.6 Å². The summed E-state index contributed by atoms with van der Waals surface area (Å²) in [6.07, 6.45) is 4.22. The molecule has 0 spiro atoms. The number of rotatable bonds is 8. The first-order valence-electron chi connectivity index (χ1n) is 5.20. The molecule has 0 aromatic heterocycles. The summed E-state index contributed by atoms with van der Waals surface area (Å²) in [5, 5.41) is 6.63. The minimum atomic E-state index is 0.101. The molecule has 1 atom stereocenters. The fraction of sp³-hybridized carbons (Fsp3) is 0.900. The molecule has 0 fully saturated rings. The Bertz CT molecular complexity index is 153. The molecule has 0 aromatic carbocycles. The van der Waals surface area contributed by atoms with Crippen molar-refractivity contribution in [3.05, 3.63) is 0 Å². The molecule has 4 heteroatoms. The predicted molar refractivity (Wildman–Crippen MR) is 63.8 cm³/mol. The van der Waals surface area contributed by atoms with E-state index in [4.69, 9.17) is 0 Å². The third-order valence-electron chi connectivity index (χ3n) is 1.99. The van der Waals surface area contributed by atoms with E-state index in [1.807, 2.05) is 18.7 Å². The molecular weight excluding hydrogens is 196 g/mol. The van der Waals surface area contributed by atoms with Gasteiger partial charge in [-0.3, -0.25) is 4.79 Å². The number of carbonyl (C=O) groups is 1. The van der Waals surface area contributed by atoms with Crippen LogP contribution < -0.4 is 10.6 Å². The van der Waals surface area contributed by atoms with Gasteiger partial charge in [0.25, 0.3) is 0 Å². The highest BCUT2D eigenvalue weighted by atomic mass is 32.2. The van der Waals surface area contributed by atoms with E-state index in [2.05, 4.69) is 23.8 Å². The van der Waals surface area contributed by atoms with Gasteiger partial charge in [-0.15, -0.1) is 0 Å². The summed E-state index contributed by atoms with van der Waals surface area (Å²) < 4.78 is 0. The average Bonchev–Trinajstić information content (AvgIpc) is 2.21. The molecule has 0 saturated heterocycles. The van der Waals surface area contributed by atoms with E-state index < -0.39 is 0 Å². The fourth-order valence-corrected chi connectivity index (χ4v) is 1.31. The standard InChI is InChI=1S/C10H22N2OS/c1-4-6-12-10(13)8-11-7-5-9(2)14-3/h9,11H,4-8H2,1-3H3,(H,12,13). The van der Waals surface area contributed by atoms with Crippen molar-refractivity contribution >= 4 is 17.7 Å². The highest BCUT2D eigenvalue weighted by Crippen LogP contribution is 2.07. The highest BCUT2D eigenvalue weighted by molar-refractivity contribution is 7.99. The molecular formula is C10H22N2OS. The SMILES string of the molecule is CCCNC(=O)CNCCC(C)SC. The Labute approximate surface area is 91.4 Å². The third-order valence-corrected chi connectivity index (χ3v) is 3.03. The molecule has 0 aliphatic heterocycles. The van der Waals surface area contributed by atoms with Gasteiger partial charge in [0.1, 0.15) is 0 Å². The Hall–Kier alpha value is -0.220. The summed E-state index contributed by atoms with van der Waals surface area (Å²) in [7, 11) is 0. The van der Waals surface area contributed by atoms with Crippen molar-refractivity contribution in [1.29, 1.82) is 0 Å². The molecule has 0 aliphatic rings. The van der Waals surface area contributed by atoms with Crippen molar-refractivity contribution in [2.45, 2.75) is 31.9 Å². The normalized spacial score (nSPS) is 12.5. The van der Waals surface area contributed by atoms with E-state index in [0.717, 1.165) is 25.9 Å². The second-order valence-corrected chi connectivity index (χ2v) is 4.64. The van der Waals surface area contributed by atoms with Crippen LogP contribution in [0.4, 0.5) is 0 Å².